The molecule has 0 fully saturated rings. The quantitative estimate of drug-likeness (QED) is 0.597. The van der Waals surface area contributed by atoms with E-state index in [1.807, 2.05) is 18.2 Å². The molecule has 8 heteroatoms. The van der Waals surface area contributed by atoms with E-state index in [1.54, 1.807) is 43.6 Å². The van der Waals surface area contributed by atoms with Gasteiger partial charge in [0.15, 0.2) is 0 Å². The van der Waals surface area contributed by atoms with Crippen LogP contribution >= 0.6 is 11.8 Å². The summed E-state index contributed by atoms with van der Waals surface area (Å²) < 4.78 is 10.5. The van der Waals surface area contributed by atoms with Crippen LogP contribution in [-0.4, -0.2) is 35.8 Å². The van der Waals surface area contributed by atoms with Crippen molar-refractivity contribution >= 4 is 23.4 Å². The number of nitrogens with zero attached hydrogens (tertiary/aromatic N) is 3. The van der Waals surface area contributed by atoms with E-state index in [1.165, 1.54) is 18.9 Å². The van der Waals surface area contributed by atoms with Gasteiger partial charge in [0.1, 0.15) is 22.6 Å². The molecule has 3 aromatic rings. The average Bonchev–Trinajstić information content (AvgIpc) is 2.78. The lowest BCUT2D eigenvalue weighted by atomic mass is 10.2. The fourth-order valence-electron chi connectivity index (χ4n) is 2.52. The smallest absolute Gasteiger partial charge is 0.234 e. The number of hydrogen-bond acceptors (Lipinski definition) is 7. The third kappa shape index (κ3) is 5.03. The number of amides is 1. The minimum absolute atomic E-state index is 0.0771. The Morgan fingerprint density at radius 1 is 1.14 bits per heavy atom. The Labute approximate surface area is 172 Å². The molecule has 1 N–H and O–H groups in total. The topological polar surface area (TPSA) is 97.1 Å². The fraction of sp³-hybridized carbons (Fsp3) is 0.143. The van der Waals surface area contributed by atoms with Gasteiger partial charge in [0.25, 0.3) is 0 Å². The molecule has 0 radical (unpaired) electrons. The van der Waals surface area contributed by atoms with Crippen molar-refractivity contribution in [1.82, 2.24) is 9.97 Å². The van der Waals surface area contributed by atoms with Gasteiger partial charge in [-0.05, 0) is 36.4 Å². The van der Waals surface area contributed by atoms with E-state index in [4.69, 9.17) is 9.47 Å². The monoisotopic (exact) mass is 406 g/mol. The summed E-state index contributed by atoms with van der Waals surface area (Å²) in [6.45, 7) is 0. The molecule has 2 aromatic heterocycles. The first-order valence-electron chi connectivity index (χ1n) is 8.62. The molecule has 7 nitrogen and oxygen atoms in total. The van der Waals surface area contributed by atoms with Crippen molar-refractivity contribution in [2.24, 2.45) is 0 Å². The largest absolute Gasteiger partial charge is 0.497 e. The van der Waals surface area contributed by atoms with Crippen LogP contribution < -0.4 is 14.8 Å². The lowest BCUT2D eigenvalue weighted by molar-refractivity contribution is -0.113. The van der Waals surface area contributed by atoms with Crippen LogP contribution in [0.4, 0.5) is 5.69 Å². The number of methoxy groups -OCH3 is 2. The summed E-state index contributed by atoms with van der Waals surface area (Å²) in [5.74, 6) is 0.950. The number of thioether (sulfide) groups is 1. The van der Waals surface area contributed by atoms with E-state index in [0.717, 1.165) is 0 Å². The molecule has 0 saturated carbocycles. The van der Waals surface area contributed by atoms with Gasteiger partial charge in [-0.15, -0.1) is 0 Å². The Bertz CT molecular complexity index is 1050. The molecule has 0 aliphatic rings. The molecule has 0 aliphatic carbocycles. The van der Waals surface area contributed by atoms with Gasteiger partial charge < -0.3 is 14.8 Å². The molecule has 0 aliphatic heterocycles. The number of hydrogen-bond donors (Lipinski definition) is 1. The average molecular weight is 406 g/mol. The second-order valence-electron chi connectivity index (χ2n) is 5.78. The number of anilines is 1. The predicted octanol–water partition coefficient (Wildman–Crippen LogP) is 3.76. The summed E-state index contributed by atoms with van der Waals surface area (Å²) in [5, 5.41) is 12.6. The SMILES string of the molecule is COc1ccc(OC)c(NC(=O)CSc2nc(-c3ccccn3)ccc2C#N)c1. The van der Waals surface area contributed by atoms with Crippen LogP contribution in [0.25, 0.3) is 11.4 Å². The normalized spacial score (nSPS) is 10.1. The molecule has 2 heterocycles. The number of ether oxygens (including phenoxy) is 2. The Kier molecular flexibility index (Phi) is 6.66. The highest BCUT2D eigenvalue weighted by Gasteiger charge is 2.13. The summed E-state index contributed by atoms with van der Waals surface area (Å²) in [5.41, 5.74) is 2.25. The van der Waals surface area contributed by atoms with Crippen molar-refractivity contribution in [3.05, 3.63) is 60.3 Å². The third-order valence-corrected chi connectivity index (χ3v) is 4.92. The first-order chi connectivity index (χ1) is 14.1. The summed E-state index contributed by atoms with van der Waals surface area (Å²) in [6.07, 6.45) is 1.68. The van der Waals surface area contributed by atoms with Gasteiger partial charge >= 0.3 is 0 Å². The fourth-order valence-corrected chi connectivity index (χ4v) is 3.30. The standard InChI is InChI=1S/C21H18N4O3S/c1-27-15-7-9-19(28-2)18(11-15)24-20(26)13-29-21-14(12-22)6-8-17(25-21)16-5-3-4-10-23-16/h3-11H,13H2,1-2H3,(H,24,26). The van der Waals surface area contributed by atoms with Gasteiger partial charge in [-0.25, -0.2) is 4.98 Å². The van der Waals surface area contributed by atoms with Crippen molar-refractivity contribution in [2.45, 2.75) is 5.03 Å². The number of rotatable bonds is 7. The molecule has 0 saturated heterocycles. The second kappa shape index (κ2) is 9.57. The van der Waals surface area contributed by atoms with E-state index in [-0.39, 0.29) is 11.7 Å². The summed E-state index contributed by atoms with van der Waals surface area (Å²) in [6, 6.07) is 16.2. The van der Waals surface area contributed by atoms with Gasteiger partial charge in [0.05, 0.1) is 42.6 Å². The molecular weight excluding hydrogens is 388 g/mol. The minimum atomic E-state index is -0.254. The third-order valence-electron chi connectivity index (χ3n) is 3.93. The first kappa shape index (κ1) is 20.2. The number of nitriles is 1. The van der Waals surface area contributed by atoms with E-state index in [9.17, 15) is 10.1 Å². The van der Waals surface area contributed by atoms with E-state index >= 15 is 0 Å². The van der Waals surface area contributed by atoms with Crippen LogP contribution in [0.5, 0.6) is 11.5 Å². The highest BCUT2D eigenvalue weighted by Crippen LogP contribution is 2.30. The first-order valence-corrected chi connectivity index (χ1v) is 9.60. The van der Waals surface area contributed by atoms with Crippen LogP contribution in [0, 0.1) is 11.3 Å². The number of carbonyl (C=O) groups is 1. The van der Waals surface area contributed by atoms with Crippen LogP contribution in [-0.2, 0) is 4.79 Å². The zero-order chi connectivity index (χ0) is 20.6. The van der Waals surface area contributed by atoms with Crippen molar-refractivity contribution in [2.75, 3.05) is 25.3 Å². The maximum atomic E-state index is 12.5. The predicted molar refractivity (Wildman–Crippen MR) is 111 cm³/mol. The number of pyridine rings is 2. The summed E-state index contributed by atoms with van der Waals surface area (Å²) >= 11 is 1.19. The zero-order valence-electron chi connectivity index (χ0n) is 15.9. The molecule has 0 atom stereocenters. The summed E-state index contributed by atoms with van der Waals surface area (Å²) in [7, 11) is 3.07. The van der Waals surface area contributed by atoms with Crippen molar-refractivity contribution in [3.8, 4) is 29.0 Å². The van der Waals surface area contributed by atoms with Gasteiger partial charge in [0, 0.05) is 12.3 Å². The van der Waals surface area contributed by atoms with Crippen molar-refractivity contribution in [3.63, 3.8) is 0 Å². The second-order valence-corrected chi connectivity index (χ2v) is 6.74. The molecular formula is C21H18N4O3S. The Morgan fingerprint density at radius 2 is 2.00 bits per heavy atom. The van der Waals surface area contributed by atoms with Crippen LogP contribution in [0.1, 0.15) is 5.56 Å². The van der Waals surface area contributed by atoms with Gasteiger partial charge in [-0.1, -0.05) is 17.8 Å². The van der Waals surface area contributed by atoms with Crippen LogP contribution in [0.15, 0.2) is 59.8 Å². The van der Waals surface area contributed by atoms with Gasteiger partial charge in [0.2, 0.25) is 5.91 Å². The maximum absolute atomic E-state index is 12.5. The number of aromatic nitrogens is 2. The molecule has 0 unspecified atom stereocenters. The number of nitrogens with one attached hydrogen (secondary N) is 1. The van der Waals surface area contributed by atoms with Crippen molar-refractivity contribution < 1.29 is 14.3 Å². The molecule has 0 bridgehead atoms. The molecule has 29 heavy (non-hydrogen) atoms. The number of carbonyl (C=O) groups excluding carboxylic acids is 1. The van der Waals surface area contributed by atoms with Gasteiger partial charge in [-0.2, -0.15) is 5.26 Å². The molecule has 0 spiro atoms. The zero-order valence-corrected chi connectivity index (χ0v) is 16.7. The van der Waals surface area contributed by atoms with Crippen LogP contribution in [0.2, 0.25) is 0 Å². The minimum Gasteiger partial charge on any atom is -0.497 e. The Hall–Kier alpha value is -3.57. The Morgan fingerprint density at radius 3 is 2.69 bits per heavy atom. The summed E-state index contributed by atoms with van der Waals surface area (Å²) in [4.78, 5) is 21.2. The van der Waals surface area contributed by atoms with Crippen molar-refractivity contribution in [1.29, 1.82) is 5.26 Å². The lowest BCUT2D eigenvalue weighted by Crippen LogP contribution is -2.15. The van der Waals surface area contributed by atoms with Crippen LogP contribution in [0.3, 0.4) is 0 Å². The van der Waals surface area contributed by atoms with E-state index in [0.29, 0.717) is 39.2 Å². The maximum Gasteiger partial charge on any atom is 0.234 e. The van der Waals surface area contributed by atoms with E-state index in [2.05, 4.69) is 21.4 Å². The highest BCUT2D eigenvalue weighted by atomic mass is 32.2. The number of benzene rings is 1. The molecule has 146 valence electrons. The van der Waals surface area contributed by atoms with E-state index < -0.39 is 0 Å². The molecule has 1 amide bonds. The van der Waals surface area contributed by atoms with Gasteiger partial charge in [-0.3, -0.25) is 9.78 Å². The Balaban J connectivity index is 1.74. The highest BCUT2D eigenvalue weighted by molar-refractivity contribution is 8.00. The molecule has 3 rings (SSSR count). The molecule has 1 aromatic carbocycles. The lowest BCUT2D eigenvalue weighted by Gasteiger charge is -2.12.